The molecule has 0 fully saturated rings. The van der Waals surface area contributed by atoms with Gasteiger partial charge in [-0.1, -0.05) is 18.2 Å². The van der Waals surface area contributed by atoms with Crippen molar-refractivity contribution in [3.63, 3.8) is 0 Å². The molecule has 7 heteroatoms. The van der Waals surface area contributed by atoms with E-state index in [0.717, 1.165) is 0 Å². The average molecular weight is 361 g/mol. The van der Waals surface area contributed by atoms with Gasteiger partial charge in [0.05, 0.1) is 10.5 Å². The van der Waals surface area contributed by atoms with E-state index in [1.165, 1.54) is 18.2 Å². The highest BCUT2D eigenvalue weighted by atomic mass is 16.6. The van der Waals surface area contributed by atoms with Crippen LogP contribution in [0.4, 0.5) is 11.4 Å². The Kier molecular flexibility index (Phi) is 5.54. The Bertz CT molecular complexity index is 987. The first-order chi connectivity index (χ1) is 13.1. The fraction of sp³-hybridized carbons (Fsp3) is 0. The third-order valence-electron chi connectivity index (χ3n) is 3.53. The largest absolute Gasteiger partial charge is 0.457 e. The van der Waals surface area contributed by atoms with Crippen LogP contribution in [-0.2, 0) is 4.79 Å². The molecule has 3 rings (SSSR count). The lowest BCUT2D eigenvalue weighted by molar-refractivity contribution is -0.385. The number of nitro benzene ring substituents is 1. The number of benzene rings is 2. The highest BCUT2D eigenvalue weighted by Crippen LogP contribution is 2.24. The van der Waals surface area contributed by atoms with Crippen LogP contribution >= 0.6 is 0 Å². The van der Waals surface area contributed by atoms with Crippen LogP contribution in [0.25, 0.3) is 6.08 Å². The molecule has 0 aliphatic rings. The number of carbonyl (C=O) groups is 1. The van der Waals surface area contributed by atoms with Gasteiger partial charge < -0.3 is 10.1 Å². The number of aromatic nitrogens is 1. The Hall–Kier alpha value is -4.00. The number of nitrogens with one attached hydrogen (secondary N) is 1. The van der Waals surface area contributed by atoms with Gasteiger partial charge in [0.25, 0.3) is 5.69 Å². The van der Waals surface area contributed by atoms with Gasteiger partial charge in [-0.2, -0.15) is 0 Å². The quantitative estimate of drug-likeness (QED) is 0.398. The van der Waals surface area contributed by atoms with E-state index >= 15 is 0 Å². The molecule has 7 nitrogen and oxygen atoms in total. The van der Waals surface area contributed by atoms with Crippen molar-refractivity contribution >= 4 is 23.4 Å². The van der Waals surface area contributed by atoms with E-state index in [9.17, 15) is 14.9 Å². The number of ether oxygens (including phenoxy) is 1. The van der Waals surface area contributed by atoms with Crippen LogP contribution in [0, 0.1) is 10.1 Å². The number of pyridine rings is 1. The van der Waals surface area contributed by atoms with E-state index in [1.807, 2.05) is 0 Å². The van der Waals surface area contributed by atoms with Crippen molar-refractivity contribution in [3.8, 4) is 11.5 Å². The molecule has 0 bridgehead atoms. The molecule has 0 radical (unpaired) electrons. The van der Waals surface area contributed by atoms with Gasteiger partial charge in [-0.25, -0.2) is 0 Å². The maximum Gasteiger partial charge on any atom is 0.276 e. The first-order valence-corrected chi connectivity index (χ1v) is 8.02. The molecule has 0 aliphatic heterocycles. The van der Waals surface area contributed by atoms with Gasteiger partial charge >= 0.3 is 0 Å². The van der Waals surface area contributed by atoms with Crippen LogP contribution in [0.1, 0.15) is 5.56 Å². The third kappa shape index (κ3) is 4.99. The summed E-state index contributed by atoms with van der Waals surface area (Å²) in [6, 6.07) is 16.6. The number of para-hydroxylation sites is 1. The minimum absolute atomic E-state index is 0.0608. The molecule has 0 atom stereocenters. The Balaban J connectivity index is 1.68. The summed E-state index contributed by atoms with van der Waals surface area (Å²) in [7, 11) is 0. The van der Waals surface area contributed by atoms with Gasteiger partial charge in [-0.15, -0.1) is 0 Å². The van der Waals surface area contributed by atoms with Crippen molar-refractivity contribution < 1.29 is 14.5 Å². The van der Waals surface area contributed by atoms with Crippen molar-refractivity contribution in [1.82, 2.24) is 4.98 Å². The van der Waals surface area contributed by atoms with E-state index in [-0.39, 0.29) is 5.69 Å². The van der Waals surface area contributed by atoms with Gasteiger partial charge in [-0.3, -0.25) is 19.9 Å². The molecule has 27 heavy (non-hydrogen) atoms. The van der Waals surface area contributed by atoms with E-state index < -0.39 is 10.8 Å². The van der Waals surface area contributed by atoms with E-state index in [2.05, 4.69) is 10.3 Å². The van der Waals surface area contributed by atoms with Crippen molar-refractivity contribution in [3.05, 3.63) is 94.8 Å². The summed E-state index contributed by atoms with van der Waals surface area (Å²) < 4.78 is 5.69. The molecule has 1 N–H and O–H groups in total. The Morgan fingerprint density at radius 3 is 2.59 bits per heavy atom. The number of anilines is 1. The number of carbonyl (C=O) groups excluding carboxylic acids is 1. The van der Waals surface area contributed by atoms with Gasteiger partial charge in [0.15, 0.2) is 0 Å². The van der Waals surface area contributed by atoms with Crippen molar-refractivity contribution in [1.29, 1.82) is 0 Å². The average Bonchev–Trinajstić information content (AvgIpc) is 2.67. The van der Waals surface area contributed by atoms with Crippen LogP contribution in [0.3, 0.4) is 0 Å². The predicted octanol–water partition coefficient (Wildman–Crippen LogP) is 4.43. The lowest BCUT2D eigenvalue weighted by Crippen LogP contribution is -2.07. The zero-order valence-corrected chi connectivity index (χ0v) is 14.1. The second kappa shape index (κ2) is 8.39. The molecule has 0 aliphatic carbocycles. The summed E-state index contributed by atoms with van der Waals surface area (Å²) in [5.74, 6) is 0.778. The molecule has 134 valence electrons. The van der Waals surface area contributed by atoms with Crippen LogP contribution in [-0.4, -0.2) is 15.8 Å². The van der Waals surface area contributed by atoms with Crippen molar-refractivity contribution in [2.24, 2.45) is 0 Å². The fourth-order valence-corrected chi connectivity index (χ4v) is 2.32. The summed E-state index contributed by atoms with van der Waals surface area (Å²) in [5, 5.41) is 13.7. The van der Waals surface area contributed by atoms with Gasteiger partial charge in [0, 0.05) is 36.3 Å². The summed E-state index contributed by atoms with van der Waals surface area (Å²) in [6.45, 7) is 0. The number of hydrogen-bond acceptors (Lipinski definition) is 5. The molecule has 1 amide bonds. The summed E-state index contributed by atoms with van der Waals surface area (Å²) in [4.78, 5) is 26.5. The van der Waals surface area contributed by atoms with Gasteiger partial charge in [-0.05, 0) is 36.4 Å². The monoisotopic (exact) mass is 361 g/mol. The number of nitrogens with zero attached hydrogens (tertiary/aromatic N) is 2. The number of rotatable bonds is 6. The highest BCUT2D eigenvalue weighted by molar-refractivity contribution is 6.02. The molecule has 2 aromatic carbocycles. The van der Waals surface area contributed by atoms with Gasteiger partial charge in [0.2, 0.25) is 5.91 Å². The molecular weight excluding hydrogens is 346 g/mol. The lowest BCUT2D eigenvalue weighted by Gasteiger charge is -2.07. The molecule has 0 unspecified atom stereocenters. The minimum atomic E-state index is -0.489. The molecule has 1 heterocycles. The number of nitro groups is 1. The molecule has 1 aromatic heterocycles. The lowest BCUT2D eigenvalue weighted by atomic mass is 10.1. The third-order valence-corrected chi connectivity index (χ3v) is 3.53. The Morgan fingerprint density at radius 2 is 1.81 bits per heavy atom. The molecule has 0 saturated heterocycles. The van der Waals surface area contributed by atoms with Crippen LogP contribution in [0.2, 0.25) is 0 Å². The normalized spacial score (nSPS) is 10.5. The minimum Gasteiger partial charge on any atom is -0.457 e. The maximum atomic E-state index is 12.1. The summed E-state index contributed by atoms with van der Waals surface area (Å²) >= 11 is 0. The maximum absolute atomic E-state index is 12.1. The summed E-state index contributed by atoms with van der Waals surface area (Å²) in [6.07, 6.45) is 5.90. The SMILES string of the molecule is O=C(C=Cc1ccccc1[N+](=O)[O-])Nc1cccc(Oc2ccncc2)c1. The van der Waals surface area contributed by atoms with Crippen LogP contribution < -0.4 is 10.1 Å². The fourth-order valence-electron chi connectivity index (χ4n) is 2.32. The zero-order valence-electron chi connectivity index (χ0n) is 14.1. The van der Waals surface area contributed by atoms with Crippen molar-refractivity contribution in [2.75, 3.05) is 5.32 Å². The van der Waals surface area contributed by atoms with E-state index in [0.29, 0.717) is 22.7 Å². The first kappa shape index (κ1) is 17.8. The van der Waals surface area contributed by atoms with Gasteiger partial charge in [0.1, 0.15) is 11.5 Å². The second-order valence-corrected chi connectivity index (χ2v) is 5.45. The molecule has 3 aromatic rings. The number of hydrogen-bond donors (Lipinski definition) is 1. The first-order valence-electron chi connectivity index (χ1n) is 8.02. The smallest absolute Gasteiger partial charge is 0.276 e. The van der Waals surface area contributed by atoms with E-state index in [1.54, 1.807) is 67.0 Å². The van der Waals surface area contributed by atoms with Crippen molar-refractivity contribution in [2.45, 2.75) is 0 Å². The molecule has 0 spiro atoms. The Labute approximate surface area is 155 Å². The molecule has 0 saturated carbocycles. The van der Waals surface area contributed by atoms with E-state index in [4.69, 9.17) is 4.74 Å². The topological polar surface area (TPSA) is 94.4 Å². The Morgan fingerprint density at radius 1 is 1.04 bits per heavy atom. The summed E-state index contributed by atoms with van der Waals surface area (Å²) in [5.41, 5.74) is 0.834. The highest BCUT2D eigenvalue weighted by Gasteiger charge is 2.10. The molecular formula is C20H15N3O4. The van der Waals surface area contributed by atoms with Crippen LogP contribution in [0.15, 0.2) is 79.1 Å². The zero-order chi connectivity index (χ0) is 19.1. The standard InChI is InChI=1S/C20H15N3O4/c24-20(9-8-15-4-1-2-7-19(15)23(25)26)22-16-5-3-6-18(14-16)27-17-10-12-21-13-11-17/h1-14H,(H,22,24). The predicted molar refractivity (Wildman–Crippen MR) is 102 cm³/mol. The second-order valence-electron chi connectivity index (χ2n) is 5.45. The number of amides is 1. The van der Waals surface area contributed by atoms with Crippen LogP contribution in [0.5, 0.6) is 11.5 Å².